The van der Waals surface area contributed by atoms with Crippen molar-refractivity contribution in [3.05, 3.63) is 68.2 Å². The van der Waals surface area contributed by atoms with Crippen LogP contribution in [0.1, 0.15) is 48.3 Å². The normalized spacial score (nSPS) is 16.8. The molecule has 0 bridgehead atoms. The van der Waals surface area contributed by atoms with Gasteiger partial charge in [0, 0.05) is 11.8 Å². The first kappa shape index (κ1) is 29.6. The summed E-state index contributed by atoms with van der Waals surface area (Å²) in [5.74, 6) is -3.62. The van der Waals surface area contributed by atoms with Gasteiger partial charge in [0.2, 0.25) is 17.8 Å². The Morgan fingerprint density at radius 2 is 1.62 bits per heavy atom. The first-order chi connectivity index (χ1) is 18.9. The number of alkyl halides is 3. The molecule has 2 aromatic rings. The van der Waals surface area contributed by atoms with E-state index in [9.17, 15) is 28.0 Å². The summed E-state index contributed by atoms with van der Waals surface area (Å²) < 4.78 is 41.5. The molecule has 2 amide bonds. The van der Waals surface area contributed by atoms with Crippen molar-refractivity contribution >= 4 is 70.7 Å². The van der Waals surface area contributed by atoms with Gasteiger partial charge < -0.3 is 5.73 Å². The Morgan fingerprint density at radius 1 is 1.05 bits per heavy atom. The van der Waals surface area contributed by atoms with Crippen molar-refractivity contribution < 1.29 is 22.8 Å². The lowest BCUT2D eigenvalue weighted by molar-refractivity contribution is -0.141. The van der Waals surface area contributed by atoms with E-state index < -0.39 is 12.1 Å². The third-order valence-corrected chi connectivity index (χ3v) is 7.45. The predicted octanol–water partition coefficient (Wildman–Crippen LogP) is 7.03. The molecule has 208 valence electrons. The van der Waals surface area contributed by atoms with Crippen LogP contribution in [-0.2, 0) is 9.59 Å². The highest BCUT2D eigenvalue weighted by Gasteiger charge is 2.43. The summed E-state index contributed by atoms with van der Waals surface area (Å²) in [4.78, 5) is 34.0. The number of nitrogens with two attached hydrogens (primary N) is 1. The van der Waals surface area contributed by atoms with Crippen molar-refractivity contribution in [1.82, 2.24) is 4.90 Å². The monoisotopic (exact) mass is 609 g/mol. The number of hydrogen-bond donors (Lipinski definition) is 1. The number of imide groups is 1. The average molecular weight is 611 g/mol. The molecule has 0 aliphatic heterocycles. The number of amides is 2. The topological polar surface area (TPSA) is 112 Å². The summed E-state index contributed by atoms with van der Waals surface area (Å²) in [6.07, 6.45) is 1.23. The van der Waals surface area contributed by atoms with Gasteiger partial charge in [-0.1, -0.05) is 53.0 Å². The Labute approximate surface area is 242 Å². The molecular formula is C27H21Cl3F3N5O2. The van der Waals surface area contributed by atoms with Crippen molar-refractivity contribution in [3.8, 4) is 6.07 Å². The molecule has 40 heavy (non-hydrogen) atoms. The minimum atomic E-state index is -4.66. The van der Waals surface area contributed by atoms with Gasteiger partial charge in [-0.3, -0.25) is 9.59 Å². The van der Waals surface area contributed by atoms with Gasteiger partial charge in [0.05, 0.1) is 32.2 Å². The minimum Gasteiger partial charge on any atom is -0.369 e. The Hall–Kier alpha value is -3.39. The van der Waals surface area contributed by atoms with Crippen LogP contribution in [0, 0.1) is 23.2 Å². The van der Waals surface area contributed by atoms with Crippen molar-refractivity contribution in [2.75, 3.05) is 0 Å². The molecule has 0 saturated heterocycles. The third-order valence-electron chi connectivity index (χ3n) is 6.25. The zero-order chi connectivity index (χ0) is 29.2. The minimum absolute atomic E-state index is 0.0467. The predicted molar refractivity (Wildman–Crippen MR) is 148 cm³/mol. The molecule has 4 rings (SSSR count). The largest absolute Gasteiger partial charge is 0.399 e. The number of guanidine groups is 1. The quantitative estimate of drug-likeness (QED) is 0.157. The number of halogens is 6. The van der Waals surface area contributed by atoms with Crippen LogP contribution in [-0.4, -0.2) is 35.2 Å². The van der Waals surface area contributed by atoms with Gasteiger partial charge in [-0.25, -0.2) is 14.9 Å². The first-order valence-corrected chi connectivity index (χ1v) is 13.2. The maximum Gasteiger partial charge on any atom is 0.399 e. The molecule has 2 N–H and O–H groups in total. The second-order valence-electron chi connectivity index (χ2n) is 9.36. The summed E-state index contributed by atoms with van der Waals surface area (Å²) in [6.45, 7) is 0. The molecule has 2 aliphatic rings. The van der Waals surface area contributed by atoms with Crippen molar-refractivity contribution in [3.63, 3.8) is 0 Å². The fourth-order valence-electron chi connectivity index (χ4n) is 3.80. The van der Waals surface area contributed by atoms with E-state index in [4.69, 9.17) is 40.5 Å². The molecule has 2 aliphatic carbocycles. The summed E-state index contributed by atoms with van der Waals surface area (Å²) in [7, 11) is 0. The highest BCUT2D eigenvalue weighted by Crippen LogP contribution is 2.41. The number of benzene rings is 2. The second-order valence-corrected chi connectivity index (χ2v) is 10.5. The van der Waals surface area contributed by atoms with Crippen LogP contribution in [0.4, 0.5) is 18.9 Å². The number of nitriles is 1. The van der Waals surface area contributed by atoms with Crippen LogP contribution in [0.5, 0.6) is 0 Å². The van der Waals surface area contributed by atoms with Crippen LogP contribution in [0.2, 0.25) is 15.1 Å². The van der Waals surface area contributed by atoms with E-state index in [1.165, 1.54) is 24.3 Å². The van der Waals surface area contributed by atoms with E-state index in [0.29, 0.717) is 31.2 Å². The van der Waals surface area contributed by atoms with Crippen molar-refractivity contribution in [2.24, 2.45) is 27.6 Å². The van der Waals surface area contributed by atoms with E-state index in [1.54, 1.807) is 0 Å². The van der Waals surface area contributed by atoms with Crippen LogP contribution >= 0.6 is 34.8 Å². The summed E-state index contributed by atoms with van der Waals surface area (Å²) >= 11 is 17.7. The van der Waals surface area contributed by atoms with Gasteiger partial charge in [-0.15, -0.1) is 0 Å². The SMILES string of the molecule is N#Cc1cc(C=CC(c2cc(Cl)c(Cl)c(Cl)c2)C(F)(F)F)ccc1N=CN=C(N)N(C(=O)C1CC1)C(=O)C1CC1. The van der Waals surface area contributed by atoms with E-state index >= 15 is 0 Å². The van der Waals surface area contributed by atoms with Crippen LogP contribution < -0.4 is 5.73 Å². The molecule has 13 heteroatoms. The number of carbonyl (C=O) groups is 2. The summed E-state index contributed by atoms with van der Waals surface area (Å²) in [5.41, 5.74) is 6.25. The molecule has 1 unspecified atom stereocenters. The van der Waals surface area contributed by atoms with Crippen molar-refractivity contribution in [2.45, 2.75) is 37.8 Å². The van der Waals surface area contributed by atoms with Gasteiger partial charge >= 0.3 is 6.18 Å². The average Bonchev–Trinajstić information content (AvgIpc) is 3.80. The van der Waals surface area contributed by atoms with Crippen LogP contribution in [0.15, 0.2) is 46.4 Å². The van der Waals surface area contributed by atoms with Gasteiger partial charge in [0.1, 0.15) is 12.4 Å². The van der Waals surface area contributed by atoms with Crippen LogP contribution in [0.25, 0.3) is 6.08 Å². The molecule has 7 nitrogen and oxygen atoms in total. The Balaban J connectivity index is 1.54. The molecule has 2 fully saturated rings. The fraction of sp³-hybridized carbons (Fsp3) is 0.296. The van der Waals surface area contributed by atoms with E-state index in [2.05, 4.69) is 9.98 Å². The summed E-state index contributed by atoms with van der Waals surface area (Å²) in [6, 6.07) is 8.36. The number of hydrogen-bond acceptors (Lipinski definition) is 4. The molecule has 0 spiro atoms. The Morgan fingerprint density at radius 3 is 2.12 bits per heavy atom. The van der Waals surface area contributed by atoms with E-state index in [1.807, 2.05) is 6.07 Å². The number of allylic oxidation sites excluding steroid dienone is 1. The number of rotatable bonds is 7. The molecular weight excluding hydrogens is 590 g/mol. The maximum absolute atomic E-state index is 13.8. The zero-order valence-electron chi connectivity index (χ0n) is 20.6. The smallest absolute Gasteiger partial charge is 0.369 e. The maximum atomic E-state index is 13.8. The second kappa shape index (κ2) is 12.0. The number of nitrogens with zero attached hydrogens (tertiary/aromatic N) is 4. The standard InChI is InChI=1S/C27H21Cl3F3N5O2/c28-20-10-17(11-21(29)23(20)30)19(27(31,32)33)7-1-14-2-8-22(18(9-14)12-34)36-13-37-26(35)38(24(39)15-3-4-15)25(40)16-5-6-16/h1-2,7-11,13,15-16,19H,3-6H2,(H2,35,36,37). The Kier molecular flexibility index (Phi) is 8.88. The lowest BCUT2D eigenvalue weighted by atomic mass is 9.96. The number of carbonyl (C=O) groups excluding carboxylic acids is 2. The fourth-order valence-corrected chi connectivity index (χ4v) is 4.41. The van der Waals surface area contributed by atoms with Gasteiger partial charge in [0.25, 0.3) is 0 Å². The third kappa shape index (κ3) is 7.02. The zero-order valence-corrected chi connectivity index (χ0v) is 22.9. The highest BCUT2D eigenvalue weighted by atomic mass is 35.5. The number of aliphatic imine (C=N–C) groups is 2. The first-order valence-electron chi connectivity index (χ1n) is 12.1. The van der Waals surface area contributed by atoms with Gasteiger partial charge in [0.15, 0.2) is 0 Å². The lowest BCUT2D eigenvalue weighted by Crippen LogP contribution is -2.47. The van der Waals surface area contributed by atoms with E-state index in [0.717, 1.165) is 29.4 Å². The van der Waals surface area contributed by atoms with Crippen molar-refractivity contribution in [1.29, 1.82) is 5.26 Å². The van der Waals surface area contributed by atoms with Crippen LogP contribution in [0.3, 0.4) is 0 Å². The van der Waals surface area contributed by atoms with Gasteiger partial charge in [-0.05, 0) is 61.1 Å². The molecule has 0 heterocycles. The molecule has 0 aromatic heterocycles. The Bertz CT molecular complexity index is 1430. The van der Waals surface area contributed by atoms with E-state index in [-0.39, 0.29) is 61.5 Å². The van der Waals surface area contributed by atoms with Gasteiger partial charge in [-0.2, -0.15) is 18.4 Å². The molecule has 0 radical (unpaired) electrons. The summed E-state index contributed by atoms with van der Waals surface area (Å²) in [5, 5.41) is 9.30. The molecule has 2 saturated carbocycles. The molecule has 1 atom stereocenters. The lowest BCUT2D eigenvalue weighted by Gasteiger charge is -2.19. The highest BCUT2D eigenvalue weighted by molar-refractivity contribution is 6.48. The molecule has 2 aromatic carbocycles.